The second-order valence-electron chi connectivity index (χ2n) is 3.71. The third-order valence-electron chi connectivity index (χ3n) is 2.48. The lowest BCUT2D eigenvalue weighted by Gasteiger charge is -2.14. The van der Waals surface area contributed by atoms with Gasteiger partial charge in [-0.25, -0.2) is 4.79 Å². The van der Waals surface area contributed by atoms with Gasteiger partial charge >= 0.3 is 5.97 Å². The van der Waals surface area contributed by atoms with Crippen molar-refractivity contribution in [2.24, 2.45) is 0 Å². The molecule has 0 bridgehead atoms. The summed E-state index contributed by atoms with van der Waals surface area (Å²) in [6, 6.07) is 8.37. The van der Waals surface area contributed by atoms with Crippen molar-refractivity contribution >= 4 is 28.7 Å². The highest BCUT2D eigenvalue weighted by molar-refractivity contribution is 7.10. The average Bonchev–Trinajstić information content (AvgIpc) is 2.89. The van der Waals surface area contributed by atoms with Crippen molar-refractivity contribution in [2.45, 2.75) is 6.04 Å². The number of nitrogens with zero attached hydrogens (tertiary/aromatic N) is 1. The first kappa shape index (κ1) is 13.0. The molecule has 1 aromatic carbocycles. The number of nitro groups is 1. The molecular weight excluding hydrogens is 268 g/mol. The van der Waals surface area contributed by atoms with Crippen LogP contribution in [0.4, 0.5) is 11.4 Å². The Morgan fingerprint density at radius 3 is 2.63 bits per heavy atom. The van der Waals surface area contributed by atoms with E-state index in [1.54, 1.807) is 23.6 Å². The second kappa shape index (κ2) is 5.49. The van der Waals surface area contributed by atoms with Crippen LogP contribution in [0.25, 0.3) is 0 Å². The smallest absolute Gasteiger partial charge is 0.331 e. The number of nitro benzene ring substituents is 1. The van der Waals surface area contributed by atoms with Crippen LogP contribution in [0.2, 0.25) is 0 Å². The molecule has 0 saturated heterocycles. The predicted octanol–water partition coefficient (Wildman–Crippen LogP) is 2.89. The summed E-state index contributed by atoms with van der Waals surface area (Å²) in [7, 11) is 0. The number of nitrogens with one attached hydrogen (secondary N) is 1. The van der Waals surface area contributed by atoms with Crippen LogP contribution in [0, 0.1) is 10.1 Å². The molecule has 0 saturated carbocycles. The minimum atomic E-state index is -1.08. The molecule has 1 aromatic heterocycles. The number of hydrogen-bond acceptors (Lipinski definition) is 5. The fraction of sp³-hybridized carbons (Fsp3) is 0.0833. The van der Waals surface area contributed by atoms with Gasteiger partial charge in [-0.05, 0) is 17.5 Å². The molecule has 0 fully saturated rings. The van der Waals surface area contributed by atoms with Crippen LogP contribution < -0.4 is 5.32 Å². The maximum Gasteiger partial charge on any atom is 0.331 e. The fourth-order valence-electron chi connectivity index (χ4n) is 1.62. The van der Waals surface area contributed by atoms with Gasteiger partial charge in [-0.15, -0.1) is 11.3 Å². The molecule has 0 radical (unpaired) electrons. The number of rotatable bonds is 5. The van der Waals surface area contributed by atoms with Gasteiger partial charge in [-0.3, -0.25) is 10.1 Å². The van der Waals surface area contributed by atoms with Gasteiger partial charge in [0.05, 0.1) is 4.92 Å². The van der Waals surface area contributed by atoms with Crippen LogP contribution in [0.5, 0.6) is 0 Å². The van der Waals surface area contributed by atoms with Crippen molar-refractivity contribution in [1.29, 1.82) is 0 Å². The van der Waals surface area contributed by atoms with Crippen molar-refractivity contribution in [3.8, 4) is 0 Å². The van der Waals surface area contributed by atoms with E-state index in [1.807, 2.05) is 0 Å². The Morgan fingerprint density at radius 2 is 2.05 bits per heavy atom. The average molecular weight is 278 g/mol. The largest absolute Gasteiger partial charge is 0.479 e. The Morgan fingerprint density at radius 1 is 1.32 bits per heavy atom. The molecule has 0 aliphatic heterocycles. The topological polar surface area (TPSA) is 92.5 Å². The van der Waals surface area contributed by atoms with Gasteiger partial charge in [0.1, 0.15) is 5.69 Å². The second-order valence-corrected chi connectivity index (χ2v) is 4.68. The number of carboxylic acids is 1. The summed E-state index contributed by atoms with van der Waals surface area (Å²) < 4.78 is 0. The molecule has 0 amide bonds. The maximum atomic E-state index is 11.3. The number of thiophene rings is 1. The number of benzene rings is 1. The maximum absolute atomic E-state index is 11.3. The molecule has 7 heteroatoms. The van der Waals surface area contributed by atoms with Gasteiger partial charge in [0.15, 0.2) is 6.04 Å². The summed E-state index contributed by atoms with van der Waals surface area (Å²) in [6.45, 7) is 0. The summed E-state index contributed by atoms with van der Waals surface area (Å²) >= 11 is 1.28. The van der Waals surface area contributed by atoms with E-state index in [2.05, 4.69) is 5.32 Å². The van der Waals surface area contributed by atoms with Gasteiger partial charge in [-0.2, -0.15) is 0 Å². The number of carbonyl (C=O) groups is 1. The van der Waals surface area contributed by atoms with Crippen LogP contribution in [-0.4, -0.2) is 16.0 Å². The van der Waals surface area contributed by atoms with E-state index in [1.165, 1.54) is 29.5 Å². The Labute approximate surface area is 112 Å². The van der Waals surface area contributed by atoms with Gasteiger partial charge in [0.2, 0.25) is 0 Å². The molecule has 1 heterocycles. The van der Waals surface area contributed by atoms with E-state index in [0.717, 1.165) is 0 Å². The van der Waals surface area contributed by atoms with Crippen LogP contribution in [0.3, 0.4) is 0 Å². The van der Waals surface area contributed by atoms with Crippen molar-refractivity contribution in [3.05, 3.63) is 56.8 Å². The Kier molecular flexibility index (Phi) is 3.76. The monoisotopic (exact) mass is 278 g/mol. The predicted molar refractivity (Wildman–Crippen MR) is 71.4 cm³/mol. The highest BCUT2D eigenvalue weighted by Crippen LogP contribution is 2.29. The molecule has 98 valence electrons. The lowest BCUT2D eigenvalue weighted by molar-refractivity contribution is -0.384. The standard InChI is InChI=1S/C12H10N2O4S/c15-12(16)11(10-6-3-7-19-10)13-8-4-1-2-5-9(8)14(17)18/h1-7,11,13H,(H,15,16). The Hall–Kier alpha value is -2.41. The molecule has 0 spiro atoms. The number of anilines is 1. The summed E-state index contributed by atoms with van der Waals surface area (Å²) in [6.07, 6.45) is 0. The molecule has 2 aromatic rings. The molecule has 1 atom stereocenters. The third-order valence-corrected chi connectivity index (χ3v) is 3.41. The van der Waals surface area contributed by atoms with Crippen molar-refractivity contribution in [3.63, 3.8) is 0 Å². The SMILES string of the molecule is O=C(O)C(Nc1ccccc1[N+](=O)[O-])c1cccs1. The first-order valence-electron chi connectivity index (χ1n) is 5.36. The van der Waals surface area contributed by atoms with Crippen LogP contribution in [-0.2, 0) is 4.79 Å². The number of carboxylic acid groups (broad SMARTS) is 1. The summed E-state index contributed by atoms with van der Waals surface area (Å²) in [4.78, 5) is 22.2. The van der Waals surface area contributed by atoms with Gasteiger partial charge in [0, 0.05) is 10.9 Å². The summed E-state index contributed by atoms with van der Waals surface area (Å²) in [5.41, 5.74) is 0.0404. The first-order valence-corrected chi connectivity index (χ1v) is 6.23. The molecule has 19 heavy (non-hydrogen) atoms. The lowest BCUT2D eigenvalue weighted by Crippen LogP contribution is -2.19. The molecule has 0 aliphatic rings. The van der Waals surface area contributed by atoms with E-state index in [0.29, 0.717) is 4.88 Å². The van der Waals surface area contributed by atoms with Crippen molar-refractivity contribution in [1.82, 2.24) is 0 Å². The summed E-state index contributed by atoms with van der Waals surface area (Å²) in [5.74, 6) is -1.08. The van der Waals surface area contributed by atoms with Gasteiger partial charge in [-0.1, -0.05) is 18.2 Å². The number of hydrogen-bond donors (Lipinski definition) is 2. The quantitative estimate of drug-likeness (QED) is 0.648. The minimum absolute atomic E-state index is 0.148. The zero-order valence-corrected chi connectivity index (χ0v) is 10.5. The van der Waals surface area contributed by atoms with Crippen molar-refractivity contribution < 1.29 is 14.8 Å². The minimum Gasteiger partial charge on any atom is -0.479 e. The molecular formula is C12H10N2O4S. The van der Waals surface area contributed by atoms with E-state index >= 15 is 0 Å². The van der Waals surface area contributed by atoms with E-state index in [4.69, 9.17) is 0 Å². The van der Waals surface area contributed by atoms with Gasteiger partial charge < -0.3 is 10.4 Å². The molecule has 0 aliphatic carbocycles. The lowest BCUT2D eigenvalue weighted by atomic mass is 10.2. The third kappa shape index (κ3) is 2.89. The van der Waals surface area contributed by atoms with E-state index < -0.39 is 16.9 Å². The van der Waals surface area contributed by atoms with Gasteiger partial charge in [0.25, 0.3) is 5.69 Å². The first-order chi connectivity index (χ1) is 9.09. The van der Waals surface area contributed by atoms with Crippen LogP contribution in [0.15, 0.2) is 41.8 Å². The highest BCUT2D eigenvalue weighted by atomic mass is 32.1. The van der Waals surface area contributed by atoms with Crippen LogP contribution >= 0.6 is 11.3 Å². The van der Waals surface area contributed by atoms with Crippen molar-refractivity contribution in [2.75, 3.05) is 5.32 Å². The molecule has 1 unspecified atom stereocenters. The fourth-order valence-corrected chi connectivity index (χ4v) is 2.39. The Bertz CT molecular complexity index is 598. The molecule has 2 N–H and O–H groups in total. The normalized spacial score (nSPS) is 11.8. The highest BCUT2D eigenvalue weighted by Gasteiger charge is 2.23. The summed E-state index contributed by atoms with van der Waals surface area (Å²) in [5, 5.41) is 24.5. The molecule has 2 rings (SSSR count). The molecule has 6 nitrogen and oxygen atoms in total. The zero-order valence-electron chi connectivity index (χ0n) is 9.65. The number of para-hydroxylation sites is 2. The Balaban J connectivity index is 2.33. The van der Waals surface area contributed by atoms with Crippen LogP contribution in [0.1, 0.15) is 10.9 Å². The number of aliphatic carboxylic acids is 1. The zero-order chi connectivity index (χ0) is 13.8. The van der Waals surface area contributed by atoms with E-state index in [-0.39, 0.29) is 11.4 Å². The van der Waals surface area contributed by atoms with E-state index in [9.17, 15) is 20.0 Å².